The van der Waals surface area contributed by atoms with Crippen LogP contribution in [0.1, 0.15) is 0 Å². The highest BCUT2D eigenvalue weighted by Crippen LogP contribution is 2.44. The number of fused-ring (bicyclic) bond motifs is 7. The van der Waals surface area contributed by atoms with Crippen molar-refractivity contribution in [2.45, 2.75) is 0 Å². The minimum Gasteiger partial charge on any atom is -0.456 e. The van der Waals surface area contributed by atoms with Gasteiger partial charge in [0.2, 0.25) is 0 Å². The van der Waals surface area contributed by atoms with Crippen LogP contribution in [0.2, 0.25) is 0 Å². The third-order valence-corrected chi connectivity index (χ3v) is 10.9. The molecule has 0 saturated carbocycles. The van der Waals surface area contributed by atoms with E-state index in [2.05, 4.69) is 181 Å². The molecule has 0 unspecified atom stereocenters. The third kappa shape index (κ3) is 5.28. The summed E-state index contributed by atoms with van der Waals surface area (Å²) in [7, 11) is 0. The quantitative estimate of drug-likeness (QED) is 0.173. The standard InChI is InChI=1S/C52H33NO2/c1-2-11-37-32-38(21-20-34(37)10-1)35-22-27-40(28-23-35)53(41-29-24-36(25-30-41)43-15-9-16-47-45-14-5-8-19-50(45)55-52(43)47)48-17-6-3-12-42(48)39-26-31-46-44-13-4-7-18-49(44)54-51(46)33-39/h1-33H. The smallest absolute Gasteiger partial charge is 0.143 e. The highest BCUT2D eigenvalue weighted by atomic mass is 16.3. The van der Waals surface area contributed by atoms with Gasteiger partial charge in [-0.1, -0.05) is 140 Å². The van der Waals surface area contributed by atoms with E-state index in [-0.39, 0.29) is 0 Å². The van der Waals surface area contributed by atoms with Crippen molar-refractivity contribution in [3.63, 3.8) is 0 Å². The lowest BCUT2D eigenvalue weighted by Gasteiger charge is -2.28. The molecule has 3 heteroatoms. The molecule has 11 aromatic rings. The molecule has 2 heterocycles. The van der Waals surface area contributed by atoms with E-state index in [9.17, 15) is 0 Å². The summed E-state index contributed by atoms with van der Waals surface area (Å²) < 4.78 is 12.8. The Morgan fingerprint density at radius 3 is 1.67 bits per heavy atom. The zero-order valence-corrected chi connectivity index (χ0v) is 29.8. The van der Waals surface area contributed by atoms with Crippen molar-refractivity contribution in [2.24, 2.45) is 0 Å². The van der Waals surface area contributed by atoms with Crippen LogP contribution in [0, 0.1) is 0 Å². The molecule has 0 spiro atoms. The highest BCUT2D eigenvalue weighted by molar-refractivity contribution is 6.10. The Labute approximate surface area is 317 Å². The van der Waals surface area contributed by atoms with Crippen LogP contribution in [0.4, 0.5) is 17.1 Å². The van der Waals surface area contributed by atoms with Gasteiger partial charge in [0.25, 0.3) is 0 Å². The van der Waals surface area contributed by atoms with Gasteiger partial charge >= 0.3 is 0 Å². The molecule has 0 aliphatic carbocycles. The summed E-state index contributed by atoms with van der Waals surface area (Å²) in [4.78, 5) is 2.36. The summed E-state index contributed by atoms with van der Waals surface area (Å²) in [6, 6.07) is 71.0. The number of hydrogen-bond acceptors (Lipinski definition) is 3. The molecule has 0 amide bonds. The van der Waals surface area contributed by atoms with E-state index in [0.29, 0.717) is 0 Å². The molecule has 0 aliphatic rings. The normalized spacial score (nSPS) is 11.6. The summed E-state index contributed by atoms with van der Waals surface area (Å²) in [6.07, 6.45) is 0. The molecule has 9 aromatic carbocycles. The molecule has 0 bridgehead atoms. The van der Waals surface area contributed by atoms with Crippen molar-refractivity contribution >= 4 is 71.7 Å². The second-order valence-corrected chi connectivity index (χ2v) is 14.1. The Bertz CT molecular complexity index is 3200. The van der Waals surface area contributed by atoms with Gasteiger partial charge in [0, 0.05) is 44.0 Å². The van der Waals surface area contributed by atoms with Crippen LogP contribution in [-0.4, -0.2) is 0 Å². The van der Waals surface area contributed by atoms with E-state index in [1.54, 1.807) is 0 Å². The van der Waals surface area contributed by atoms with Gasteiger partial charge in [-0.25, -0.2) is 0 Å². The van der Waals surface area contributed by atoms with Gasteiger partial charge in [0.1, 0.15) is 22.3 Å². The van der Waals surface area contributed by atoms with E-state index in [1.165, 1.54) is 21.9 Å². The number of hydrogen-bond donors (Lipinski definition) is 0. The van der Waals surface area contributed by atoms with Gasteiger partial charge < -0.3 is 13.7 Å². The molecule has 0 saturated heterocycles. The lowest BCUT2D eigenvalue weighted by atomic mass is 9.98. The fourth-order valence-electron chi connectivity index (χ4n) is 8.17. The molecule has 2 aromatic heterocycles. The number of anilines is 3. The topological polar surface area (TPSA) is 29.5 Å². The predicted molar refractivity (Wildman–Crippen MR) is 229 cm³/mol. The second-order valence-electron chi connectivity index (χ2n) is 14.1. The second kappa shape index (κ2) is 12.6. The first-order valence-electron chi connectivity index (χ1n) is 18.7. The molecule has 258 valence electrons. The van der Waals surface area contributed by atoms with E-state index in [4.69, 9.17) is 8.83 Å². The molecule has 55 heavy (non-hydrogen) atoms. The van der Waals surface area contributed by atoms with Crippen molar-refractivity contribution in [3.8, 4) is 33.4 Å². The SMILES string of the molecule is c1ccc(N(c2ccc(-c3ccc4ccccc4c3)cc2)c2ccc(-c3cccc4c3oc3ccccc34)cc2)c(-c2ccc3c(c2)oc2ccccc23)c1. The number of rotatable bonds is 6. The van der Waals surface area contributed by atoms with Gasteiger partial charge in [0.15, 0.2) is 0 Å². The van der Waals surface area contributed by atoms with Crippen molar-refractivity contribution in [2.75, 3.05) is 4.90 Å². The van der Waals surface area contributed by atoms with Crippen LogP contribution in [0.25, 0.3) is 88.0 Å². The highest BCUT2D eigenvalue weighted by Gasteiger charge is 2.19. The molecule has 3 nitrogen and oxygen atoms in total. The zero-order chi connectivity index (χ0) is 36.3. The number of benzene rings is 9. The summed E-state index contributed by atoms with van der Waals surface area (Å²) in [5, 5.41) is 6.98. The summed E-state index contributed by atoms with van der Waals surface area (Å²) >= 11 is 0. The monoisotopic (exact) mass is 703 g/mol. The first-order valence-corrected chi connectivity index (χ1v) is 18.7. The first-order chi connectivity index (χ1) is 27.2. The van der Waals surface area contributed by atoms with Gasteiger partial charge in [-0.15, -0.1) is 0 Å². The van der Waals surface area contributed by atoms with Crippen molar-refractivity contribution < 1.29 is 8.83 Å². The minimum atomic E-state index is 0.879. The maximum Gasteiger partial charge on any atom is 0.143 e. The summed E-state index contributed by atoms with van der Waals surface area (Å²) in [5.41, 5.74) is 13.5. The lowest BCUT2D eigenvalue weighted by Crippen LogP contribution is -2.11. The first kappa shape index (κ1) is 31.2. The Balaban J connectivity index is 1.04. The third-order valence-electron chi connectivity index (χ3n) is 10.9. The van der Waals surface area contributed by atoms with Crippen LogP contribution in [0.3, 0.4) is 0 Å². The number of furan rings is 2. The molecule has 0 aliphatic heterocycles. The van der Waals surface area contributed by atoms with Crippen molar-refractivity contribution in [1.82, 2.24) is 0 Å². The Morgan fingerprint density at radius 1 is 0.309 bits per heavy atom. The van der Waals surface area contributed by atoms with Crippen LogP contribution in [-0.2, 0) is 0 Å². The largest absolute Gasteiger partial charge is 0.456 e. The molecule has 0 radical (unpaired) electrons. The average Bonchev–Trinajstić information content (AvgIpc) is 3.83. The van der Waals surface area contributed by atoms with E-state index < -0.39 is 0 Å². The van der Waals surface area contributed by atoms with Gasteiger partial charge in [-0.2, -0.15) is 0 Å². The number of nitrogens with zero attached hydrogens (tertiary/aromatic N) is 1. The molecular weight excluding hydrogens is 671 g/mol. The van der Waals surface area contributed by atoms with Crippen molar-refractivity contribution in [3.05, 3.63) is 200 Å². The van der Waals surface area contributed by atoms with E-state index in [1.807, 2.05) is 24.3 Å². The Morgan fingerprint density at radius 2 is 0.873 bits per heavy atom. The Hall–Kier alpha value is -7.36. The van der Waals surface area contributed by atoms with Gasteiger partial charge in [0.05, 0.1) is 5.69 Å². The summed E-state index contributed by atoms with van der Waals surface area (Å²) in [6.45, 7) is 0. The van der Waals surface area contributed by atoms with Gasteiger partial charge in [-0.3, -0.25) is 0 Å². The minimum absolute atomic E-state index is 0.879. The zero-order valence-electron chi connectivity index (χ0n) is 29.8. The molecular formula is C52H33NO2. The lowest BCUT2D eigenvalue weighted by molar-refractivity contribution is 0.669. The van der Waals surface area contributed by atoms with Crippen LogP contribution >= 0.6 is 0 Å². The van der Waals surface area contributed by atoms with Crippen LogP contribution in [0.5, 0.6) is 0 Å². The van der Waals surface area contributed by atoms with E-state index in [0.717, 1.165) is 83.2 Å². The maximum atomic E-state index is 6.42. The molecule has 0 N–H and O–H groups in total. The predicted octanol–water partition coefficient (Wildman–Crippen LogP) is 15.1. The average molecular weight is 704 g/mol. The fraction of sp³-hybridized carbons (Fsp3) is 0. The maximum absolute atomic E-state index is 6.42. The van der Waals surface area contributed by atoms with Crippen LogP contribution in [0.15, 0.2) is 209 Å². The Kier molecular flexibility index (Phi) is 7.17. The van der Waals surface area contributed by atoms with Gasteiger partial charge in [-0.05, 0) is 93.7 Å². The fourth-order valence-corrected chi connectivity index (χ4v) is 8.17. The summed E-state index contributed by atoms with van der Waals surface area (Å²) in [5.74, 6) is 0. The van der Waals surface area contributed by atoms with Crippen molar-refractivity contribution in [1.29, 1.82) is 0 Å². The molecule has 0 fully saturated rings. The number of para-hydroxylation sites is 4. The van der Waals surface area contributed by atoms with Crippen LogP contribution < -0.4 is 4.90 Å². The molecule has 11 rings (SSSR count). The van der Waals surface area contributed by atoms with E-state index >= 15 is 0 Å². The molecule has 0 atom stereocenters.